The monoisotopic (exact) mass is 215 g/mol. The van der Waals surface area contributed by atoms with E-state index >= 15 is 0 Å². The molecule has 1 aromatic carbocycles. The van der Waals surface area contributed by atoms with E-state index in [0.29, 0.717) is 16.5 Å². The van der Waals surface area contributed by atoms with Crippen LogP contribution in [0.3, 0.4) is 0 Å². The molecule has 0 bridgehead atoms. The molecule has 0 atom stereocenters. The smallest absolute Gasteiger partial charge is 0.252 e. The minimum absolute atomic E-state index is 0.235. The van der Waals surface area contributed by atoms with E-state index in [1.165, 1.54) is 26.4 Å². The zero-order chi connectivity index (χ0) is 10.7. The summed E-state index contributed by atoms with van der Waals surface area (Å²) in [6.45, 7) is 0. The summed E-state index contributed by atoms with van der Waals surface area (Å²) >= 11 is 5.81. The maximum Gasteiger partial charge on any atom is 0.252 e. The van der Waals surface area contributed by atoms with Gasteiger partial charge in [0.15, 0.2) is 0 Å². The Morgan fingerprint density at radius 1 is 1.29 bits per heavy atom. The van der Waals surface area contributed by atoms with Crippen LogP contribution in [0.15, 0.2) is 12.1 Å². The van der Waals surface area contributed by atoms with Gasteiger partial charge in [0.1, 0.15) is 11.5 Å². The highest BCUT2D eigenvalue weighted by molar-refractivity contribution is 6.32. The number of hydrogen-bond donors (Lipinski definition) is 1. The first-order valence-electron chi connectivity index (χ1n) is 3.81. The summed E-state index contributed by atoms with van der Waals surface area (Å²) in [6.07, 6.45) is 0. The minimum atomic E-state index is -0.591. The third kappa shape index (κ3) is 1.90. The summed E-state index contributed by atoms with van der Waals surface area (Å²) in [7, 11) is 2.92. The van der Waals surface area contributed by atoms with Crippen LogP contribution in [0.4, 0.5) is 0 Å². The fourth-order valence-electron chi connectivity index (χ4n) is 1.05. The molecule has 2 N–H and O–H groups in total. The van der Waals surface area contributed by atoms with Crippen LogP contribution in [-0.4, -0.2) is 20.1 Å². The second kappa shape index (κ2) is 4.19. The number of carbonyl (C=O) groups excluding carboxylic acids is 1. The Hall–Kier alpha value is -1.42. The fraction of sp³-hybridized carbons (Fsp3) is 0.222. The third-order valence-electron chi connectivity index (χ3n) is 1.74. The summed E-state index contributed by atoms with van der Waals surface area (Å²) in [5.41, 5.74) is 5.37. The standard InChI is InChI=1S/C9H10ClNO3/c1-13-7-4-8(14-2)6(10)3-5(7)9(11)12/h3-4H,1-2H3,(H2,11,12). The van der Waals surface area contributed by atoms with Gasteiger partial charge in [0.25, 0.3) is 5.91 Å². The molecule has 0 aliphatic heterocycles. The molecule has 1 aromatic rings. The van der Waals surface area contributed by atoms with E-state index in [2.05, 4.69) is 0 Å². The Morgan fingerprint density at radius 3 is 2.29 bits per heavy atom. The Morgan fingerprint density at radius 2 is 1.86 bits per heavy atom. The molecule has 0 fully saturated rings. The van der Waals surface area contributed by atoms with Crippen molar-refractivity contribution in [3.63, 3.8) is 0 Å². The van der Waals surface area contributed by atoms with Gasteiger partial charge in [-0.2, -0.15) is 0 Å². The first-order valence-corrected chi connectivity index (χ1v) is 4.19. The normalized spacial score (nSPS) is 9.64. The van der Waals surface area contributed by atoms with Crippen LogP contribution in [0.5, 0.6) is 11.5 Å². The summed E-state index contributed by atoms with van der Waals surface area (Å²) in [5, 5.41) is 0.321. The Kier molecular flexibility index (Phi) is 3.19. The zero-order valence-electron chi connectivity index (χ0n) is 7.83. The van der Waals surface area contributed by atoms with Crippen molar-refractivity contribution in [2.75, 3.05) is 14.2 Å². The summed E-state index contributed by atoms with van der Waals surface area (Å²) in [5.74, 6) is 0.193. The van der Waals surface area contributed by atoms with Crippen molar-refractivity contribution in [3.8, 4) is 11.5 Å². The first-order chi connectivity index (χ1) is 6.60. The van der Waals surface area contributed by atoms with E-state index in [1.807, 2.05) is 0 Å². The molecular formula is C9H10ClNO3. The van der Waals surface area contributed by atoms with E-state index in [4.69, 9.17) is 26.8 Å². The zero-order valence-corrected chi connectivity index (χ0v) is 8.59. The van der Waals surface area contributed by atoms with Gasteiger partial charge in [0, 0.05) is 6.07 Å². The molecule has 0 saturated heterocycles. The van der Waals surface area contributed by atoms with Gasteiger partial charge in [-0.15, -0.1) is 0 Å². The number of benzene rings is 1. The highest BCUT2D eigenvalue weighted by Gasteiger charge is 2.13. The molecule has 0 aliphatic rings. The van der Waals surface area contributed by atoms with E-state index in [1.54, 1.807) is 0 Å². The highest BCUT2D eigenvalue weighted by atomic mass is 35.5. The number of methoxy groups -OCH3 is 2. The largest absolute Gasteiger partial charge is 0.496 e. The number of carbonyl (C=O) groups is 1. The predicted molar refractivity (Wildman–Crippen MR) is 53.1 cm³/mol. The molecule has 4 nitrogen and oxygen atoms in total. The maximum atomic E-state index is 11.0. The molecule has 1 rings (SSSR count). The average Bonchev–Trinajstić information content (AvgIpc) is 2.17. The van der Waals surface area contributed by atoms with Gasteiger partial charge in [-0.05, 0) is 6.07 Å². The lowest BCUT2D eigenvalue weighted by Crippen LogP contribution is -2.12. The predicted octanol–water partition coefficient (Wildman–Crippen LogP) is 1.46. The molecule has 0 radical (unpaired) electrons. The lowest BCUT2D eigenvalue weighted by Gasteiger charge is -2.09. The lowest BCUT2D eigenvalue weighted by molar-refractivity contribution is 0.0997. The molecule has 0 saturated carbocycles. The SMILES string of the molecule is COc1cc(OC)c(C(N)=O)cc1Cl. The van der Waals surface area contributed by atoms with Crippen LogP contribution in [0.25, 0.3) is 0 Å². The minimum Gasteiger partial charge on any atom is -0.496 e. The van der Waals surface area contributed by atoms with E-state index in [-0.39, 0.29) is 5.56 Å². The molecule has 5 heteroatoms. The van der Waals surface area contributed by atoms with Gasteiger partial charge in [0.2, 0.25) is 0 Å². The molecule has 0 unspecified atom stereocenters. The Bertz CT molecular complexity index is 365. The number of hydrogen-bond acceptors (Lipinski definition) is 3. The van der Waals surface area contributed by atoms with Crippen LogP contribution in [0.2, 0.25) is 5.02 Å². The van der Waals surface area contributed by atoms with Crippen molar-refractivity contribution in [3.05, 3.63) is 22.7 Å². The van der Waals surface area contributed by atoms with Crippen molar-refractivity contribution in [1.82, 2.24) is 0 Å². The molecule has 1 amide bonds. The van der Waals surface area contributed by atoms with Gasteiger partial charge >= 0.3 is 0 Å². The Labute approximate surface area is 86.6 Å². The van der Waals surface area contributed by atoms with Crippen LogP contribution in [0, 0.1) is 0 Å². The molecule has 0 aromatic heterocycles. The second-order valence-corrected chi connectivity index (χ2v) is 2.96. The molecule has 76 valence electrons. The van der Waals surface area contributed by atoms with Gasteiger partial charge in [-0.1, -0.05) is 11.6 Å². The maximum absolute atomic E-state index is 11.0. The summed E-state index contributed by atoms with van der Waals surface area (Å²) < 4.78 is 9.92. The number of nitrogens with two attached hydrogens (primary N) is 1. The Balaban J connectivity index is 3.31. The fourth-order valence-corrected chi connectivity index (χ4v) is 1.29. The van der Waals surface area contributed by atoms with E-state index in [9.17, 15) is 4.79 Å². The van der Waals surface area contributed by atoms with Crippen LogP contribution in [0.1, 0.15) is 10.4 Å². The number of halogens is 1. The van der Waals surface area contributed by atoms with Crippen LogP contribution in [-0.2, 0) is 0 Å². The molecule has 14 heavy (non-hydrogen) atoms. The van der Waals surface area contributed by atoms with E-state index in [0.717, 1.165) is 0 Å². The van der Waals surface area contributed by atoms with Crippen molar-refractivity contribution in [2.45, 2.75) is 0 Å². The van der Waals surface area contributed by atoms with Gasteiger partial charge in [0.05, 0.1) is 24.8 Å². The van der Waals surface area contributed by atoms with Gasteiger partial charge < -0.3 is 15.2 Å². The average molecular weight is 216 g/mol. The number of amides is 1. The van der Waals surface area contributed by atoms with Crippen molar-refractivity contribution >= 4 is 17.5 Å². The van der Waals surface area contributed by atoms with Gasteiger partial charge in [-0.25, -0.2) is 0 Å². The third-order valence-corrected chi connectivity index (χ3v) is 2.03. The summed E-state index contributed by atoms with van der Waals surface area (Å²) in [4.78, 5) is 11.0. The second-order valence-electron chi connectivity index (χ2n) is 2.55. The summed E-state index contributed by atoms with van der Waals surface area (Å²) in [6, 6.07) is 2.93. The van der Waals surface area contributed by atoms with Crippen molar-refractivity contribution in [1.29, 1.82) is 0 Å². The van der Waals surface area contributed by atoms with Crippen molar-refractivity contribution in [2.24, 2.45) is 5.73 Å². The van der Waals surface area contributed by atoms with Crippen molar-refractivity contribution < 1.29 is 14.3 Å². The van der Waals surface area contributed by atoms with Crippen LogP contribution >= 0.6 is 11.6 Å². The number of ether oxygens (including phenoxy) is 2. The van der Waals surface area contributed by atoms with Gasteiger partial charge in [-0.3, -0.25) is 4.79 Å². The lowest BCUT2D eigenvalue weighted by atomic mass is 10.2. The highest BCUT2D eigenvalue weighted by Crippen LogP contribution is 2.32. The topological polar surface area (TPSA) is 61.6 Å². The van der Waals surface area contributed by atoms with Crippen LogP contribution < -0.4 is 15.2 Å². The molecule has 0 heterocycles. The quantitative estimate of drug-likeness (QED) is 0.830. The molecule has 0 spiro atoms. The number of primary amides is 1. The molecule has 0 aliphatic carbocycles. The number of rotatable bonds is 3. The first kappa shape index (κ1) is 10.7. The van der Waals surface area contributed by atoms with E-state index < -0.39 is 5.91 Å². The molecular weight excluding hydrogens is 206 g/mol.